The zero-order chi connectivity index (χ0) is 17.9. The minimum absolute atomic E-state index is 0.171. The van der Waals surface area contributed by atoms with Gasteiger partial charge in [0.1, 0.15) is 17.8 Å². The molecule has 1 aromatic rings. The molecule has 0 aromatic heterocycles. The number of methoxy groups -OCH3 is 2. The molecule has 0 heterocycles. The molecule has 0 bridgehead atoms. The molecule has 0 saturated carbocycles. The molecule has 0 spiro atoms. The van der Waals surface area contributed by atoms with Crippen LogP contribution in [0, 0.1) is 5.82 Å². The summed E-state index contributed by atoms with van der Waals surface area (Å²) < 4.78 is 29.2. The van der Waals surface area contributed by atoms with E-state index in [1.807, 2.05) is 0 Å². The average molecular weight is 354 g/mol. The van der Waals surface area contributed by atoms with Crippen molar-refractivity contribution in [2.75, 3.05) is 14.2 Å². The van der Waals surface area contributed by atoms with E-state index in [0.717, 1.165) is 31.9 Å². The van der Waals surface area contributed by atoms with E-state index in [0.29, 0.717) is 11.3 Å². The van der Waals surface area contributed by atoms with Gasteiger partial charge in [0.15, 0.2) is 0 Å². The maximum atomic E-state index is 14.3. The van der Waals surface area contributed by atoms with Gasteiger partial charge in [-0.3, -0.25) is 0 Å². The molecule has 0 aliphatic carbocycles. The van der Waals surface area contributed by atoms with E-state index in [9.17, 15) is 9.18 Å². The number of esters is 1. The molecule has 0 unspecified atom stereocenters. The van der Waals surface area contributed by atoms with Crippen molar-refractivity contribution in [2.45, 2.75) is 39.0 Å². The molecule has 0 N–H and O–H groups in total. The molecule has 0 amide bonds. The van der Waals surface area contributed by atoms with Crippen LogP contribution in [0.1, 0.15) is 44.6 Å². The molecule has 0 aliphatic heterocycles. The summed E-state index contributed by atoms with van der Waals surface area (Å²) in [5.74, 6) is -1.21. The van der Waals surface area contributed by atoms with Gasteiger partial charge < -0.3 is 14.2 Å². The van der Waals surface area contributed by atoms with Crippen molar-refractivity contribution >= 4 is 23.1 Å². The Hall–Kier alpha value is -1.95. The van der Waals surface area contributed by atoms with Crippen LogP contribution >= 0.6 is 12.2 Å². The first kappa shape index (κ1) is 20.1. The van der Waals surface area contributed by atoms with Crippen LogP contribution in [-0.4, -0.2) is 25.1 Å². The number of ether oxygens (including phenoxy) is 3. The van der Waals surface area contributed by atoms with E-state index in [1.165, 1.54) is 26.4 Å². The van der Waals surface area contributed by atoms with E-state index in [-0.39, 0.29) is 17.1 Å². The highest BCUT2D eigenvalue weighted by molar-refractivity contribution is 7.80. The van der Waals surface area contributed by atoms with Crippen molar-refractivity contribution in [1.29, 1.82) is 0 Å². The topological polar surface area (TPSA) is 44.8 Å². The molecule has 0 atom stereocenters. The van der Waals surface area contributed by atoms with Gasteiger partial charge >= 0.3 is 5.97 Å². The maximum absolute atomic E-state index is 14.3. The average Bonchev–Trinajstić information content (AvgIpc) is 2.57. The number of halogens is 1. The Kier molecular flexibility index (Phi) is 9.01. The largest absolute Gasteiger partial charge is 0.500 e. The Balaban J connectivity index is 2.99. The van der Waals surface area contributed by atoms with Gasteiger partial charge in [-0.2, -0.15) is 0 Å². The summed E-state index contributed by atoms with van der Waals surface area (Å²) in [6, 6.07) is 4.37. The molecule has 0 radical (unpaired) electrons. The van der Waals surface area contributed by atoms with Gasteiger partial charge in [0.05, 0.1) is 19.8 Å². The number of carbonyl (C=O) groups is 1. The van der Waals surface area contributed by atoms with E-state index in [4.69, 9.17) is 21.7 Å². The fraction of sp³-hybridized carbons (Fsp3) is 0.444. The second-order valence-electron chi connectivity index (χ2n) is 5.16. The number of carbonyl (C=O) groups excluding carboxylic acids is 1. The molecule has 24 heavy (non-hydrogen) atoms. The summed E-state index contributed by atoms with van der Waals surface area (Å²) in [6.45, 7) is 2.12. The fourth-order valence-electron chi connectivity index (χ4n) is 2.14. The van der Waals surface area contributed by atoms with Crippen molar-refractivity contribution in [3.8, 4) is 5.75 Å². The molecular weight excluding hydrogens is 331 g/mol. The highest BCUT2D eigenvalue weighted by atomic mass is 32.1. The predicted octanol–water partition coefficient (Wildman–Crippen LogP) is 4.55. The molecule has 0 saturated heterocycles. The van der Waals surface area contributed by atoms with Crippen molar-refractivity contribution in [3.63, 3.8) is 0 Å². The van der Waals surface area contributed by atoms with Gasteiger partial charge in [-0.15, -0.1) is 0 Å². The molecule has 1 rings (SSSR count). The number of rotatable bonds is 10. The Morgan fingerprint density at radius 3 is 2.62 bits per heavy atom. The third-order valence-corrected chi connectivity index (χ3v) is 3.75. The van der Waals surface area contributed by atoms with Crippen LogP contribution in [0.25, 0.3) is 0 Å². The minimum atomic E-state index is -0.721. The predicted molar refractivity (Wildman–Crippen MR) is 94.6 cm³/mol. The van der Waals surface area contributed by atoms with Crippen LogP contribution in [-0.2, 0) is 14.3 Å². The number of hydrogen-bond donors (Lipinski definition) is 0. The van der Waals surface area contributed by atoms with Crippen LogP contribution < -0.4 is 4.74 Å². The lowest BCUT2D eigenvalue weighted by Crippen LogP contribution is -2.13. The molecule has 1 aromatic carbocycles. The number of hydrogen-bond acceptors (Lipinski definition) is 5. The van der Waals surface area contributed by atoms with Gasteiger partial charge in [-0.25, -0.2) is 9.18 Å². The zero-order valence-corrected chi connectivity index (χ0v) is 15.1. The quantitative estimate of drug-likeness (QED) is 0.154. The van der Waals surface area contributed by atoms with Gasteiger partial charge in [-0.05, 0) is 25.0 Å². The summed E-state index contributed by atoms with van der Waals surface area (Å²) in [6.07, 6.45) is 5.85. The highest BCUT2D eigenvalue weighted by Gasteiger charge is 2.19. The van der Waals surface area contributed by atoms with Crippen molar-refractivity contribution < 1.29 is 23.4 Å². The Bertz CT molecular complexity index is 599. The molecular formula is C18H23FO4S. The van der Waals surface area contributed by atoms with Gasteiger partial charge in [0.2, 0.25) is 5.76 Å². The lowest BCUT2D eigenvalue weighted by atomic mass is 10.0. The first-order chi connectivity index (χ1) is 11.5. The third kappa shape index (κ3) is 5.92. The van der Waals surface area contributed by atoms with Gasteiger partial charge in [0.25, 0.3) is 0 Å². The van der Waals surface area contributed by atoms with Crippen molar-refractivity contribution in [3.05, 3.63) is 41.6 Å². The van der Waals surface area contributed by atoms with E-state index in [1.54, 1.807) is 6.07 Å². The normalized spacial score (nSPS) is 11.1. The second kappa shape index (κ2) is 10.8. The van der Waals surface area contributed by atoms with Crippen LogP contribution in [0.5, 0.6) is 5.75 Å². The first-order valence-corrected chi connectivity index (χ1v) is 8.26. The number of benzene rings is 1. The molecule has 132 valence electrons. The maximum Gasteiger partial charge on any atom is 0.377 e. The minimum Gasteiger partial charge on any atom is -0.500 e. The lowest BCUT2D eigenvalue weighted by Gasteiger charge is -2.14. The lowest BCUT2D eigenvalue weighted by molar-refractivity contribution is -0.138. The summed E-state index contributed by atoms with van der Waals surface area (Å²) in [7, 11) is 2.59. The highest BCUT2D eigenvalue weighted by Crippen LogP contribution is 2.26. The van der Waals surface area contributed by atoms with E-state index < -0.39 is 11.8 Å². The Morgan fingerprint density at radius 1 is 1.25 bits per heavy atom. The SMILES string of the molecule is CCCCCCC(=S)c1c(F)cccc1O/C(=C/OC)C(=O)OC. The molecule has 0 aliphatic rings. The number of thiocarbonyl (C=S) groups is 1. The summed E-state index contributed by atoms with van der Waals surface area (Å²) in [5, 5.41) is 0. The fourth-order valence-corrected chi connectivity index (χ4v) is 2.48. The molecule has 4 nitrogen and oxygen atoms in total. The monoisotopic (exact) mass is 354 g/mol. The smallest absolute Gasteiger partial charge is 0.377 e. The summed E-state index contributed by atoms with van der Waals surface area (Å²) >= 11 is 5.37. The number of unbranched alkanes of at least 4 members (excludes halogenated alkanes) is 3. The van der Waals surface area contributed by atoms with E-state index >= 15 is 0 Å². The summed E-state index contributed by atoms with van der Waals surface area (Å²) in [4.78, 5) is 12.2. The Labute approximate surface area is 147 Å². The van der Waals surface area contributed by atoms with Crippen LogP contribution in [0.2, 0.25) is 0 Å². The molecule has 6 heteroatoms. The van der Waals surface area contributed by atoms with Crippen LogP contribution in [0.15, 0.2) is 30.2 Å². The standard InChI is InChI=1S/C18H23FO4S/c1-4-5-6-7-11-16(24)17-13(19)9-8-10-14(17)23-15(12-21-2)18(20)22-3/h8-10,12H,4-7,11H2,1-3H3/b15-12+. The van der Waals surface area contributed by atoms with Crippen LogP contribution in [0.3, 0.4) is 0 Å². The van der Waals surface area contributed by atoms with E-state index in [2.05, 4.69) is 11.7 Å². The first-order valence-electron chi connectivity index (χ1n) is 7.86. The van der Waals surface area contributed by atoms with Crippen LogP contribution in [0.4, 0.5) is 4.39 Å². The van der Waals surface area contributed by atoms with Gasteiger partial charge in [0, 0.05) is 4.86 Å². The van der Waals surface area contributed by atoms with Crippen molar-refractivity contribution in [2.24, 2.45) is 0 Å². The Morgan fingerprint density at radius 2 is 2.00 bits per heavy atom. The molecule has 0 fully saturated rings. The van der Waals surface area contributed by atoms with Crippen molar-refractivity contribution in [1.82, 2.24) is 0 Å². The second-order valence-corrected chi connectivity index (χ2v) is 5.65. The van der Waals surface area contributed by atoms with Gasteiger partial charge in [-0.1, -0.05) is 44.5 Å². The zero-order valence-electron chi connectivity index (χ0n) is 14.3. The summed E-state index contributed by atoms with van der Waals surface area (Å²) in [5.41, 5.74) is 0.204. The third-order valence-electron chi connectivity index (χ3n) is 3.34.